The molecule has 1 N–H and O–H groups in total. The zero-order valence-corrected chi connectivity index (χ0v) is 16.7. The number of sulfonamides is 1. The minimum Gasteiger partial charge on any atom is -0.497 e. The third-order valence-corrected chi connectivity index (χ3v) is 5.46. The van der Waals surface area contributed by atoms with Gasteiger partial charge in [-0.1, -0.05) is 13.0 Å². The van der Waals surface area contributed by atoms with Crippen molar-refractivity contribution in [3.63, 3.8) is 0 Å². The Kier molecular flexibility index (Phi) is 5.64. The molecule has 2 aromatic rings. The highest BCUT2D eigenvalue weighted by Gasteiger charge is 2.32. The van der Waals surface area contributed by atoms with Gasteiger partial charge < -0.3 is 19.5 Å². The van der Waals surface area contributed by atoms with Crippen molar-refractivity contribution in [1.29, 1.82) is 0 Å². The highest BCUT2D eigenvalue weighted by atomic mass is 32.2. The normalized spacial score (nSPS) is 13.7. The lowest BCUT2D eigenvalue weighted by atomic mass is 10.1. The first-order valence-corrected chi connectivity index (χ1v) is 10.5. The van der Waals surface area contributed by atoms with E-state index >= 15 is 0 Å². The van der Waals surface area contributed by atoms with Gasteiger partial charge in [0.2, 0.25) is 22.7 Å². The number of carbonyl (C=O) groups excluding carboxylic acids is 1. The molecule has 0 unspecified atom stereocenters. The minimum absolute atomic E-state index is 0.127. The molecule has 150 valence electrons. The van der Waals surface area contributed by atoms with Gasteiger partial charge in [0.05, 0.1) is 19.1 Å². The fourth-order valence-electron chi connectivity index (χ4n) is 3.01. The van der Waals surface area contributed by atoms with Gasteiger partial charge in [-0.2, -0.15) is 0 Å². The Bertz CT molecular complexity index is 976. The van der Waals surface area contributed by atoms with Crippen molar-refractivity contribution in [2.45, 2.75) is 19.4 Å². The van der Waals surface area contributed by atoms with Gasteiger partial charge in [0.25, 0.3) is 0 Å². The molecule has 9 heteroatoms. The van der Waals surface area contributed by atoms with E-state index in [1.807, 2.05) is 0 Å². The molecule has 1 atom stereocenters. The van der Waals surface area contributed by atoms with Crippen LogP contribution in [-0.2, 0) is 14.8 Å². The van der Waals surface area contributed by atoms with E-state index in [0.29, 0.717) is 28.6 Å². The summed E-state index contributed by atoms with van der Waals surface area (Å²) < 4.78 is 41.9. The number of hydrogen-bond acceptors (Lipinski definition) is 6. The zero-order valence-electron chi connectivity index (χ0n) is 15.8. The van der Waals surface area contributed by atoms with Crippen molar-refractivity contribution >= 4 is 27.3 Å². The largest absolute Gasteiger partial charge is 0.497 e. The number of nitrogens with zero attached hydrogens (tertiary/aromatic N) is 1. The van der Waals surface area contributed by atoms with Gasteiger partial charge in [-0.05, 0) is 30.7 Å². The van der Waals surface area contributed by atoms with Crippen LogP contribution in [-0.4, -0.2) is 40.5 Å². The molecule has 1 aliphatic heterocycles. The summed E-state index contributed by atoms with van der Waals surface area (Å²) in [5.74, 6) is 1.17. The number of fused-ring (bicyclic) bond motifs is 1. The number of methoxy groups -OCH3 is 1. The third-order valence-electron chi connectivity index (χ3n) is 4.28. The standard InChI is InChI=1S/C19H22N2O6S/c1-4-16(19(22)20-13-8-9-17-18(10-13)27-12-26-17)21(28(3,23)24)14-6-5-7-15(11-14)25-2/h5-11,16H,4,12H2,1-3H3,(H,20,22)/t16-/m1/s1. The number of anilines is 2. The van der Waals surface area contributed by atoms with Crippen LogP contribution in [0, 0.1) is 0 Å². The molecule has 1 heterocycles. The van der Waals surface area contributed by atoms with Crippen molar-refractivity contribution < 1.29 is 27.4 Å². The Morgan fingerprint density at radius 1 is 1.21 bits per heavy atom. The Morgan fingerprint density at radius 3 is 2.64 bits per heavy atom. The monoisotopic (exact) mass is 406 g/mol. The van der Waals surface area contributed by atoms with Gasteiger partial charge in [-0.15, -0.1) is 0 Å². The van der Waals surface area contributed by atoms with Gasteiger partial charge in [-0.3, -0.25) is 9.10 Å². The van der Waals surface area contributed by atoms with E-state index in [2.05, 4.69) is 5.32 Å². The predicted molar refractivity (Wildman–Crippen MR) is 106 cm³/mol. The van der Waals surface area contributed by atoms with E-state index in [1.165, 1.54) is 7.11 Å². The fraction of sp³-hybridized carbons (Fsp3) is 0.316. The van der Waals surface area contributed by atoms with Gasteiger partial charge in [-0.25, -0.2) is 8.42 Å². The molecule has 2 aromatic carbocycles. The van der Waals surface area contributed by atoms with Crippen LogP contribution in [0.5, 0.6) is 17.2 Å². The van der Waals surface area contributed by atoms with Crippen molar-refractivity contribution in [3.8, 4) is 17.2 Å². The predicted octanol–water partition coefficient (Wildman–Crippen LogP) is 2.61. The Balaban J connectivity index is 1.90. The smallest absolute Gasteiger partial charge is 0.248 e. The van der Waals surface area contributed by atoms with E-state index in [9.17, 15) is 13.2 Å². The number of carbonyl (C=O) groups is 1. The number of benzene rings is 2. The molecule has 0 aliphatic carbocycles. The van der Waals surface area contributed by atoms with Gasteiger partial charge in [0.1, 0.15) is 11.8 Å². The van der Waals surface area contributed by atoms with Gasteiger partial charge in [0, 0.05) is 17.8 Å². The SMILES string of the molecule is CC[C@H](C(=O)Nc1ccc2c(c1)OCO2)N(c1cccc(OC)c1)S(C)(=O)=O. The summed E-state index contributed by atoms with van der Waals surface area (Å²) in [5.41, 5.74) is 0.848. The van der Waals surface area contributed by atoms with E-state index in [0.717, 1.165) is 10.6 Å². The van der Waals surface area contributed by atoms with Crippen LogP contribution in [0.15, 0.2) is 42.5 Å². The highest BCUT2D eigenvalue weighted by Crippen LogP contribution is 2.34. The molecular weight excluding hydrogens is 384 g/mol. The van der Waals surface area contributed by atoms with Crippen LogP contribution in [0.4, 0.5) is 11.4 Å². The molecule has 0 bridgehead atoms. The van der Waals surface area contributed by atoms with Crippen LogP contribution in [0.25, 0.3) is 0 Å². The Morgan fingerprint density at radius 2 is 1.96 bits per heavy atom. The molecule has 1 aliphatic rings. The molecule has 3 rings (SSSR count). The quantitative estimate of drug-likeness (QED) is 0.760. The second kappa shape index (κ2) is 7.97. The van der Waals surface area contributed by atoms with Crippen molar-refractivity contribution in [3.05, 3.63) is 42.5 Å². The maximum absolute atomic E-state index is 12.9. The fourth-order valence-corrected chi connectivity index (χ4v) is 4.21. The van der Waals surface area contributed by atoms with E-state index in [-0.39, 0.29) is 13.2 Å². The van der Waals surface area contributed by atoms with E-state index in [4.69, 9.17) is 14.2 Å². The van der Waals surface area contributed by atoms with Crippen LogP contribution in [0.2, 0.25) is 0 Å². The molecule has 28 heavy (non-hydrogen) atoms. The van der Waals surface area contributed by atoms with Gasteiger partial charge in [0.15, 0.2) is 11.5 Å². The zero-order chi connectivity index (χ0) is 20.3. The molecule has 0 aromatic heterocycles. The first kappa shape index (κ1) is 19.8. The summed E-state index contributed by atoms with van der Waals surface area (Å²) in [6.45, 7) is 1.88. The van der Waals surface area contributed by atoms with Crippen LogP contribution >= 0.6 is 0 Å². The topological polar surface area (TPSA) is 94.2 Å². The summed E-state index contributed by atoms with van der Waals surface area (Å²) in [6.07, 6.45) is 1.35. The number of hydrogen-bond donors (Lipinski definition) is 1. The van der Waals surface area contributed by atoms with Crippen LogP contribution in [0.3, 0.4) is 0 Å². The molecule has 8 nitrogen and oxygen atoms in total. The number of rotatable bonds is 7. The summed E-state index contributed by atoms with van der Waals surface area (Å²) in [5, 5.41) is 2.76. The lowest BCUT2D eigenvalue weighted by Gasteiger charge is -2.30. The second-order valence-electron chi connectivity index (χ2n) is 6.24. The lowest BCUT2D eigenvalue weighted by Crippen LogP contribution is -2.47. The number of ether oxygens (including phenoxy) is 3. The summed E-state index contributed by atoms with van der Waals surface area (Å²) >= 11 is 0. The molecule has 0 spiro atoms. The van der Waals surface area contributed by atoms with Crippen molar-refractivity contribution in [1.82, 2.24) is 0 Å². The maximum Gasteiger partial charge on any atom is 0.248 e. The van der Waals surface area contributed by atoms with E-state index in [1.54, 1.807) is 49.4 Å². The molecular formula is C19H22N2O6S. The Labute approximate surface area is 164 Å². The third kappa shape index (κ3) is 4.14. The summed E-state index contributed by atoms with van der Waals surface area (Å²) in [7, 11) is -2.24. The second-order valence-corrected chi connectivity index (χ2v) is 8.10. The highest BCUT2D eigenvalue weighted by molar-refractivity contribution is 7.92. The van der Waals surface area contributed by atoms with E-state index < -0.39 is 22.0 Å². The molecule has 0 fully saturated rings. The first-order valence-electron chi connectivity index (χ1n) is 8.67. The molecule has 1 amide bonds. The molecule has 0 saturated heterocycles. The average molecular weight is 406 g/mol. The summed E-state index contributed by atoms with van der Waals surface area (Å²) in [6, 6.07) is 10.7. The molecule has 0 saturated carbocycles. The number of nitrogens with one attached hydrogen (secondary N) is 1. The first-order chi connectivity index (χ1) is 13.3. The number of amides is 1. The van der Waals surface area contributed by atoms with Crippen molar-refractivity contribution in [2.24, 2.45) is 0 Å². The van der Waals surface area contributed by atoms with Crippen molar-refractivity contribution in [2.75, 3.05) is 29.8 Å². The van der Waals surface area contributed by atoms with Gasteiger partial charge >= 0.3 is 0 Å². The van der Waals surface area contributed by atoms with Crippen LogP contribution < -0.4 is 23.8 Å². The summed E-state index contributed by atoms with van der Waals surface area (Å²) in [4.78, 5) is 12.9. The maximum atomic E-state index is 12.9. The average Bonchev–Trinajstić information content (AvgIpc) is 3.12. The molecule has 0 radical (unpaired) electrons. The minimum atomic E-state index is -3.73. The Hall–Kier alpha value is -2.94. The lowest BCUT2D eigenvalue weighted by molar-refractivity contribution is -0.117. The van der Waals surface area contributed by atoms with Crippen LogP contribution in [0.1, 0.15) is 13.3 Å².